The maximum Gasteiger partial charge on any atom is 0.0701 e. The molecule has 0 aliphatic carbocycles. The van der Waals surface area contributed by atoms with Crippen molar-refractivity contribution in [3.8, 4) is 0 Å². The van der Waals surface area contributed by atoms with E-state index in [9.17, 15) is 0 Å². The van der Waals surface area contributed by atoms with Gasteiger partial charge in [-0.2, -0.15) is 0 Å². The molecule has 0 fully saturated rings. The highest BCUT2D eigenvalue weighted by Gasteiger charge is 1.99. The molecule has 0 bridgehead atoms. The number of thiophene rings is 1. The smallest absolute Gasteiger partial charge is 0.0701 e. The summed E-state index contributed by atoms with van der Waals surface area (Å²) in [4.78, 5) is 1.37. The van der Waals surface area contributed by atoms with Gasteiger partial charge in [0.15, 0.2) is 0 Å². The molecule has 3 N–H and O–H groups in total. The molecule has 1 rings (SSSR count). The number of hydrogen-bond acceptors (Lipinski definition) is 3. The maximum absolute atomic E-state index is 5.54. The molecule has 1 unspecified atom stereocenters. The number of nitrogens with two attached hydrogens (primary N) is 1. The van der Waals surface area contributed by atoms with Gasteiger partial charge in [-0.05, 0) is 53.5 Å². The van der Waals surface area contributed by atoms with Crippen LogP contribution in [0.15, 0.2) is 15.9 Å². The summed E-state index contributed by atoms with van der Waals surface area (Å²) in [6, 6.07) is 4.23. The average Bonchev–Trinajstić information content (AvgIpc) is 2.58. The normalized spacial score (nSPS) is 13.1. The van der Waals surface area contributed by atoms with E-state index in [1.807, 2.05) is 0 Å². The Morgan fingerprint density at radius 3 is 2.93 bits per heavy atom. The highest BCUT2D eigenvalue weighted by Crippen LogP contribution is 2.21. The van der Waals surface area contributed by atoms with Crippen LogP contribution in [0.4, 0.5) is 0 Å². The van der Waals surface area contributed by atoms with Gasteiger partial charge in [0.25, 0.3) is 0 Å². The van der Waals surface area contributed by atoms with Gasteiger partial charge in [0, 0.05) is 11.4 Å². The van der Waals surface area contributed by atoms with Crippen LogP contribution in [0, 0.1) is 5.92 Å². The average molecular weight is 277 g/mol. The van der Waals surface area contributed by atoms with E-state index >= 15 is 0 Å². The van der Waals surface area contributed by atoms with Crippen molar-refractivity contribution in [1.82, 2.24) is 5.32 Å². The molecule has 1 heterocycles. The minimum Gasteiger partial charge on any atom is -0.330 e. The predicted molar refractivity (Wildman–Crippen MR) is 66.6 cm³/mol. The quantitative estimate of drug-likeness (QED) is 0.784. The summed E-state index contributed by atoms with van der Waals surface area (Å²) >= 11 is 5.23. The van der Waals surface area contributed by atoms with Crippen molar-refractivity contribution in [3.63, 3.8) is 0 Å². The van der Waals surface area contributed by atoms with Gasteiger partial charge in [-0.15, -0.1) is 11.3 Å². The molecule has 0 aromatic carbocycles. The Morgan fingerprint density at radius 1 is 1.57 bits per heavy atom. The summed E-state index contributed by atoms with van der Waals surface area (Å²) < 4.78 is 1.20. The lowest BCUT2D eigenvalue weighted by atomic mass is 10.1. The van der Waals surface area contributed by atoms with E-state index in [0.29, 0.717) is 5.92 Å². The van der Waals surface area contributed by atoms with Crippen LogP contribution in [0.2, 0.25) is 0 Å². The molecule has 80 valence electrons. The first-order valence-corrected chi connectivity index (χ1v) is 6.48. The molecule has 14 heavy (non-hydrogen) atoms. The van der Waals surface area contributed by atoms with Gasteiger partial charge < -0.3 is 11.1 Å². The van der Waals surface area contributed by atoms with Crippen molar-refractivity contribution < 1.29 is 0 Å². The highest BCUT2D eigenvalue weighted by atomic mass is 79.9. The standard InChI is InChI=1S/C10H17BrN2S/c1-8(6-12)4-5-13-7-9-2-3-10(11)14-9/h2-3,8,13H,4-7,12H2,1H3. The van der Waals surface area contributed by atoms with Crippen LogP contribution >= 0.6 is 27.3 Å². The van der Waals surface area contributed by atoms with Crippen LogP contribution in [0.5, 0.6) is 0 Å². The van der Waals surface area contributed by atoms with Crippen molar-refractivity contribution in [1.29, 1.82) is 0 Å². The van der Waals surface area contributed by atoms with E-state index in [1.165, 1.54) is 8.66 Å². The molecule has 0 spiro atoms. The monoisotopic (exact) mass is 276 g/mol. The molecule has 0 saturated heterocycles. The Labute approximate surface area is 98.0 Å². The summed E-state index contributed by atoms with van der Waals surface area (Å²) in [5, 5.41) is 3.41. The van der Waals surface area contributed by atoms with Crippen LogP contribution in [0.25, 0.3) is 0 Å². The van der Waals surface area contributed by atoms with E-state index in [-0.39, 0.29) is 0 Å². The van der Waals surface area contributed by atoms with E-state index in [0.717, 1.165) is 26.1 Å². The summed E-state index contributed by atoms with van der Waals surface area (Å²) in [6.07, 6.45) is 1.16. The van der Waals surface area contributed by atoms with Gasteiger partial charge in [-0.25, -0.2) is 0 Å². The van der Waals surface area contributed by atoms with E-state index in [2.05, 4.69) is 40.3 Å². The molecule has 1 aromatic rings. The van der Waals surface area contributed by atoms with Crippen molar-refractivity contribution in [3.05, 3.63) is 20.8 Å². The Kier molecular flexibility index (Phi) is 5.70. The molecule has 0 aliphatic heterocycles. The predicted octanol–water partition coefficient (Wildman–Crippen LogP) is 2.59. The second kappa shape index (κ2) is 6.56. The molecule has 1 aromatic heterocycles. The first-order chi connectivity index (χ1) is 6.72. The number of hydrogen-bond donors (Lipinski definition) is 2. The molecule has 2 nitrogen and oxygen atoms in total. The fourth-order valence-electron chi connectivity index (χ4n) is 1.12. The zero-order chi connectivity index (χ0) is 10.4. The molecule has 1 atom stereocenters. The number of rotatable bonds is 6. The van der Waals surface area contributed by atoms with Gasteiger partial charge in [0.05, 0.1) is 3.79 Å². The largest absolute Gasteiger partial charge is 0.330 e. The lowest BCUT2D eigenvalue weighted by Gasteiger charge is -2.08. The lowest BCUT2D eigenvalue weighted by molar-refractivity contribution is 0.510. The van der Waals surface area contributed by atoms with Gasteiger partial charge in [-0.1, -0.05) is 6.92 Å². The summed E-state index contributed by atoms with van der Waals surface area (Å²) in [5.74, 6) is 0.623. The molecule has 4 heteroatoms. The van der Waals surface area contributed by atoms with Gasteiger partial charge in [0.1, 0.15) is 0 Å². The maximum atomic E-state index is 5.54. The minimum atomic E-state index is 0.623. The van der Waals surface area contributed by atoms with Crippen molar-refractivity contribution >= 4 is 27.3 Å². The summed E-state index contributed by atoms with van der Waals surface area (Å²) in [5.41, 5.74) is 5.54. The van der Waals surface area contributed by atoms with Crippen molar-refractivity contribution in [2.24, 2.45) is 11.7 Å². The molecule has 0 saturated carbocycles. The zero-order valence-electron chi connectivity index (χ0n) is 8.42. The Balaban J connectivity index is 2.10. The van der Waals surface area contributed by atoms with Crippen LogP contribution in [0.3, 0.4) is 0 Å². The highest BCUT2D eigenvalue weighted by molar-refractivity contribution is 9.11. The number of halogens is 1. The topological polar surface area (TPSA) is 38.0 Å². The van der Waals surface area contributed by atoms with Crippen LogP contribution < -0.4 is 11.1 Å². The third-order valence-corrected chi connectivity index (χ3v) is 3.77. The fourth-order valence-corrected chi connectivity index (χ4v) is 2.58. The lowest BCUT2D eigenvalue weighted by Crippen LogP contribution is -2.20. The molecule has 0 radical (unpaired) electrons. The summed E-state index contributed by atoms with van der Waals surface area (Å²) in [7, 11) is 0. The second-order valence-electron chi connectivity index (χ2n) is 3.51. The van der Waals surface area contributed by atoms with Crippen molar-refractivity contribution in [2.75, 3.05) is 13.1 Å². The van der Waals surface area contributed by atoms with Gasteiger partial charge in [-0.3, -0.25) is 0 Å². The SMILES string of the molecule is CC(CN)CCNCc1ccc(Br)s1. The van der Waals surface area contributed by atoms with Crippen LogP contribution in [-0.4, -0.2) is 13.1 Å². The summed E-state index contributed by atoms with van der Waals surface area (Å²) in [6.45, 7) is 4.98. The second-order valence-corrected chi connectivity index (χ2v) is 6.06. The Morgan fingerprint density at radius 2 is 2.36 bits per heavy atom. The fraction of sp³-hybridized carbons (Fsp3) is 0.600. The zero-order valence-corrected chi connectivity index (χ0v) is 10.8. The Hall–Kier alpha value is 0.1000. The molecular weight excluding hydrogens is 260 g/mol. The van der Waals surface area contributed by atoms with E-state index in [4.69, 9.17) is 5.73 Å². The third kappa shape index (κ3) is 4.55. The first kappa shape index (κ1) is 12.2. The minimum absolute atomic E-state index is 0.623. The Bertz CT molecular complexity index is 262. The number of nitrogens with one attached hydrogen (secondary N) is 1. The van der Waals surface area contributed by atoms with Gasteiger partial charge >= 0.3 is 0 Å². The van der Waals surface area contributed by atoms with Crippen LogP contribution in [-0.2, 0) is 6.54 Å². The third-order valence-electron chi connectivity index (χ3n) is 2.14. The molecular formula is C10H17BrN2S. The van der Waals surface area contributed by atoms with Crippen LogP contribution in [0.1, 0.15) is 18.2 Å². The van der Waals surface area contributed by atoms with E-state index < -0.39 is 0 Å². The first-order valence-electron chi connectivity index (χ1n) is 4.87. The molecule has 0 aliphatic rings. The van der Waals surface area contributed by atoms with Gasteiger partial charge in [0.2, 0.25) is 0 Å². The van der Waals surface area contributed by atoms with Crippen molar-refractivity contribution in [2.45, 2.75) is 19.9 Å². The van der Waals surface area contributed by atoms with E-state index in [1.54, 1.807) is 11.3 Å². The molecule has 0 amide bonds.